The monoisotopic (exact) mass is 310 g/mol. The molecular formula is C14H19ClN4S. The summed E-state index contributed by atoms with van der Waals surface area (Å²) in [6.45, 7) is 7.35. The van der Waals surface area contributed by atoms with Crippen LogP contribution < -0.4 is 0 Å². The quantitative estimate of drug-likeness (QED) is 0.943. The normalized spacial score (nSPS) is 21.4. The average molecular weight is 311 g/mol. The summed E-state index contributed by atoms with van der Waals surface area (Å²) >= 11 is 7.94. The standard InChI is InChI=1S/C14H19ClN4S/c1-2-19-7-6-18(10-13-11(15)3-8-20-13)9-12(19)14-16-4-5-17-14/h3-5,8,12H,2,6-7,9-10H2,1H3,(H,16,17). The molecule has 3 rings (SSSR count). The number of rotatable bonds is 4. The highest BCUT2D eigenvalue weighted by atomic mass is 35.5. The minimum atomic E-state index is 0.350. The maximum atomic E-state index is 6.21. The van der Waals surface area contributed by atoms with Crippen molar-refractivity contribution in [2.45, 2.75) is 19.5 Å². The Kier molecular flexibility index (Phi) is 4.41. The molecule has 1 fully saturated rings. The van der Waals surface area contributed by atoms with Crippen molar-refractivity contribution in [3.63, 3.8) is 0 Å². The van der Waals surface area contributed by atoms with Gasteiger partial charge in [0, 0.05) is 43.4 Å². The van der Waals surface area contributed by atoms with Crippen molar-refractivity contribution in [2.24, 2.45) is 0 Å². The first-order valence-electron chi connectivity index (χ1n) is 6.95. The largest absolute Gasteiger partial charge is 0.347 e. The lowest BCUT2D eigenvalue weighted by Crippen LogP contribution is -2.48. The van der Waals surface area contributed by atoms with E-state index in [1.165, 1.54) is 4.88 Å². The highest BCUT2D eigenvalue weighted by Gasteiger charge is 2.29. The molecule has 1 N–H and O–H groups in total. The summed E-state index contributed by atoms with van der Waals surface area (Å²) in [5.74, 6) is 1.06. The minimum absolute atomic E-state index is 0.350. The maximum absolute atomic E-state index is 6.21. The Morgan fingerprint density at radius 1 is 1.50 bits per heavy atom. The zero-order chi connectivity index (χ0) is 13.9. The molecule has 0 spiro atoms. The number of likely N-dealkylation sites (N-methyl/N-ethyl adjacent to an activating group) is 1. The van der Waals surface area contributed by atoms with Gasteiger partial charge in [0.1, 0.15) is 5.82 Å². The number of halogens is 1. The van der Waals surface area contributed by atoms with Gasteiger partial charge in [0.15, 0.2) is 0 Å². The van der Waals surface area contributed by atoms with E-state index >= 15 is 0 Å². The van der Waals surface area contributed by atoms with Crippen LogP contribution in [0.5, 0.6) is 0 Å². The van der Waals surface area contributed by atoms with Gasteiger partial charge in [-0.3, -0.25) is 9.80 Å². The van der Waals surface area contributed by atoms with Gasteiger partial charge in [0.05, 0.1) is 11.1 Å². The van der Waals surface area contributed by atoms with Crippen LogP contribution in [0.4, 0.5) is 0 Å². The molecule has 1 saturated heterocycles. The van der Waals surface area contributed by atoms with Gasteiger partial charge in [-0.2, -0.15) is 0 Å². The molecule has 1 atom stereocenters. The lowest BCUT2D eigenvalue weighted by molar-refractivity contribution is 0.0703. The summed E-state index contributed by atoms with van der Waals surface area (Å²) in [7, 11) is 0. The Bertz CT molecular complexity index is 539. The molecule has 0 aliphatic carbocycles. The molecule has 1 aliphatic heterocycles. The highest BCUT2D eigenvalue weighted by molar-refractivity contribution is 7.10. The van der Waals surface area contributed by atoms with Gasteiger partial charge in [-0.05, 0) is 18.0 Å². The van der Waals surface area contributed by atoms with Crippen LogP contribution in [0.2, 0.25) is 5.02 Å². The first kappa shape index (κ1) is 14.1. The van der Waals surface area contributed by atoms with Crippen LogP contribution in [-0.4, -0.2) is 45.9 Å². The predicted octanol–water partition coefficient (Wildman–Crippen LogP) is 3.00. The van der Waals surface area contributed by atoms with E-state index in [1.54, 1.807) is 11.3 Å². The number of nitrogens with one attached hydrogen (secondary N) is 1. The lowest BCUT2D eigenvalue weighted by Gasteiger charge is -2.40. The number of aromatic amines is 1. The van der Waals surface area contributed by atoms with Crippen molar-refractivity contribution in [3.05, 3.63) is 39.6 Å². The number of hydrogen-bond acceptors (Lipinski definition) is 4. The number of thiophene rings is 1. The fraction of sp³-hybridized carbons (Fsp3) is 0.500. The molecule has 108 valence electrons. The molecule has 0 aromatic carbocycles. The molecule has 2 aromatic rings. The molecule has 3 heterocycles. The third-order valence-corrected chi connectivity index (χ3v) is 5.25. The second-order valence-corrected chi connectivity index (χ2v) is 6.45. The summed E-state index contributed by atoms with van der Waals surface area (Å²) in [5.41, 5.74) is 0. The topological polar surface area (TPSA) is 35.2 Å². The molecule has 2 aromatic heterocycles. The fourth-order valence-corrected chi connectivity index (χ4v) is 3.90. The van der Waals surface area contributed by atoms with Crippen LogP contribution in [0.3, 0.4) is 0 Å². The molecule has 0 amide bonds. The Balaban J connectivity index is 1.71. The zero-order valence-electron chi connectivity index (χ0n) is 11.6. The first-order valence-corrected chi connectivity index (χ1v) is 8.21. The maximum Gasteiger partial charge on any atom is 0.124 e. The molecule has 20 heavy (non-hydrogen) atoms. The molecular weight excluding hydrogens is 292 g/mol. The number of aromatic nitrogens is 2. The molecule has 0 bridgehead atoms. The van der Waals surface area contributed by atoms with E-state index < -0.39 is 0 Å². The average Bonchev–Trinajstić information content (AvgIpc) is 3.11. The van der Waals surface area contributed by atoms with Gasteiger partial charge in [-0.15, -0.1) is 11.3 Å². The van der Waals surface area contributed by atoms with E-state index in [0.717, 1.165) is 43.6 Å². The third-order valence-electron chi connectivity index (χ3n) is 3.87. The van der Waals surface area contributed by atoms with E-state index in [-0.39, 0.29) is 0 Å². The number of nitrogens with zero attached hydrogens (tertiary/aromatic N) is 3. The van der Waals surface area contributed by atoms with Crippen LogP contribution in [0.1, 0.15) is 23.7 Å². The number of imidazole rings is 1. The second-order valence-electron chi connectivity index (χ2n) is 5.05. The summed E-state index contributed by atoms with van der Waals surface area (Å²) in [6, 6.07) is 2.33. The molecule has 1 aliphatic rings. The third kappa shape index (κ3) is 2.91. The van der Waals surface area contributed by atoms with E-state index in [9.17, 15) is 0 Å². The SMILES string of the molecule is CCN1CCN(Cc2sccc2Cl)CC1c1ncc[nH]1. The van der Waals surface area contributed by atoms with Crippen LogP contribution in [0, 0.1) is 0 Å². The minimum Gasteiger partial charge on any atom is -0.347 e. The molecule has 4 nitrogen and oxygen atoms in total. The van der Waals surface area contributed by atoms with Crippen molar-refractivity contribution >= 4 is 22.9 Å². The smallest absolute Gasteiger partial charge is 0.124 e. The summed E-state index contributed by atoms with van der Waals surface area (Å²) in [5, 5.41) is 2.95. The number of H-pyrrole nitrogens is 1. The van der Waals surface area contributed by atoms with E-state index in [4.69, 9.17) is 11.6 Å². The van der Waals surface area contributed by atoms with Gasteiger partial charge in [0.25, 0.3) is 0 Å². The Morgan fingerprint density at radius 3 is 3.05 bits per heavy atom. The van der Waals surface area contributed by atoms with Crippen molar-refractivity contribution in [1.82, 2.24) is 19.8 Å². The van der Waals surface area contributed by atoms with E-state index in [1.807, 2.05) is 18.5 Å². The van der Waals surface area contributed by atoms with Gasteiger partial charge >= 0.3 is 0 Å². The Morgan fingerprint density at radius 2 is 2.40 bits per heavy atom. The molecule has 6 heteroatoms. The van der Waals surface area contributed by atoms with Crippen LogP contribution in [0.15, 0.2) is 23.8 Å². The fourth-order valence-electron chi connectivity index (χ4n) is 2.76. The Labute approximate surface area is 128 Å². The summed E-state index contributed by atoms with van der Waals surface area (Å²) < 4.78 is 0. The van der Waals surface area contributed by atoms with E-state index in [0.29, 0.717) is 6.04 Å². The van der Waals surface area contributed by atoms with Crippen molar-refractivity contribution in [1.29, 1.82) is 0 Å². The van der Waals surface area contributed by atoms with Gasteiger partial charge in [-0.25, -0.2) is 4.98 Å². The lowest BCUT2D eigenvalue weighted by atomic mass is 10.1. The second kappa shape index (κ2) is 6.26. The van der Waals surface area contributed by atoms with Gasteiger partial charge in [-0.1, -0.05) is 18.5 Å². The van der Waals surface area contributed by atoms with Crippen LogP contribution in [0.25, 0.3) is 0 Å². The van der Waals surface area contributed by atoms with Gasteiger partial charge in [0.2, 0.25) is 0 Å². The Hall–Kier alpha value is -0.880. The van der Waals surface area contributed by atoms with Crippen LogP contribution >= 0.6 is 22.9 Å². The van der Waals surface area contributed by atoms with Gasteiger partial charge < -0.3 is 4.98 Å². The molecule has 0 saturated carbocycles. The number of piperazine rings is 1. The number of hydrogen-bond donors (Lipinski definition) is 1. The zero-order valence-corrected chi connectivity index (χ0v) is 13.1. The molecule has 0 radical (unpaired) electrons. The summed E-state index contributed by atoms with van der Waals surface area (Å²) in [6.07, 6.45) is 3.73. The van der Waals surface area contributed by atoms with Crippen molar-refractivity contribution < 1.29 is 0 Å². The highest BCUT2D eigenvalue weighted by Crippen LogP contribution is 2.27. The molecule has 1 unspecified atom stereocenters. The van der Waals surface area contributed by atoms with E-state index in [2.05, 4.69) is 32.1 Å². The summed E-state index contributed by atoms with van der Waals surface area (Å²) in [4.78, 5) is 13.9. The van der Waals surface area contributed by atoms with Crippen molar-refractivity contribution in [3.8, 4) is 0 Å². The van der Waals surface area contributed by atoms with Crippen molar-refractivity contribution in [2.75, 3.05) is 26.2 Å². The van der Waals surface area contributed by atoms with Crippen LogP contribution in [-0.2, 0) is 6.54 Å². The first-order chi connectivity index (χ1) is 9.78. The predicted molar refractivity (Wildman–Crippen MR) is 83.2 cm³/mol.